The summed E-state index contributed by atoms with van der Waals surface area (Å²) in [5.74, 6) is 0.0751. The van der Waals surface area contributed by atoms with Gasteiger partial charge in [-0.1, -0.05) is 6.07 Å². The molecular weight excluding hydrogens is 320 g/mol. The van der Waals surface area contributed by atoms with Crippen molar-refractivity contribution < 1.29 is 14.4 Å². The van der Waals surface area contributed by atoms with Crippen LogP contribution in [0.5, 0.6) is 0 Å². The SMILES string of the molecule is O=C(c1cccc(-n2cnnn2)c1)N1CC[NH+](C[C@H]2CCCO2)CC1. The molecule has 8 nitrogen and oxygen atoms in total. The predicted molar refractivity (Wildman–Crippen MR) is 89.6 cm³/mol. The summed E-state index contributed by atoms with van der Waals surface area (Å²) < 4.78 is 7.28. The van der Waals surface area contributed by atoms with Crippen LogP contribution in [-0.2, 0) is 4.74 Å². The standard InChI is InChI=1S/C17H22N6O2/c24-17(14-3-1-4-15(11-14)23-13-18-19-20-23)22-8-6-21(7-9-22)12-16-5-2-10-25-16/h1,3-4,11,13,16H,2,5-10,12H2/p+1/t16-/m1/s1. The zero-order valence-corrected chi connectivity index (χ0v) is 14.2. The maximum absolute atomic E-state index is 12.8. The third-order valence-corrected chi connectivity index (χ3v) is 5.00. The van der Waals surface area contributed by atoms with Crippen LogP contribution in [-0.4, -0.2) is 76.4 Å². The van der Waals surface area contributed by atoms with Crippen molar-refractivity contribution >= 4 is 5.91 Å². The fourth-order valence-corrected chi connectivity index (χ4v) is 3.60. The molecule has 0 saturated carbocycles. The summed E-state index contributed by atoms with van der Waals surface area (Å²) in [4.78, 5) is 16.3. The molecule has 0 bridgehead atoms. The van der Waals surface area contributed by atoms with Gasteiger partial charge in [0.2, 0.25) is 0 Å². The smallest absolute Gasteiger partial charge is 0.254 e. The van der Waals surface area contributed by atoms with E-state index >= 15 is 0 Å². The second-order valence-corrected chi connectivity index (χ2v) is 6.69. The van der Waals surface area contributed by atoms with E-state index in [0.29, 0.717) is 11.7 Å². The van der Waals surface area contributed by atoms with Crippen molar-refractivity contribution in [2.45, 2.75) is 18.9 Å². The number of benzene rings is 1. The molecule has 8 heteroatoms. The Labute approximate surface area is 146 Å². The Balaban J connectivity index is 1.36. The minimum Gasteiger partial charge on any atom is -0.372 e. The van der Waals surface area contributed by atoms with Crippen molar-refractivity contribution in [2.24, 2.45) is 0 Å². The number of hydrogen-bond acceptors (Lipinski definition) is 5. The van der Waals surface area contributed by atoms with Crippen LogP contribution in [0.15, 0.2) is 30.6 Å². The van der Waals surface area contributed by atoms with E-state index in [9.17, 15) is 4.79 Å². The van der Waals surface area contributed by atoms with E-state index in [1.165, 1.54) is 19.2 Å². The molecule has 132 valence electrons. The van der Waals surface area contributed by atoms with E-state index < -0.39 is 0 Å². The third kappa shape index (κ3) is 3.69. The highest BCUT2D eigenvalue weighted by molar-refractivity contribution is 5.94. The van der Waals surface area contributed by atoms with Gasteiger partial charge in [-0.2, -0.15) is 0 Å². The van der Waals surface area contributed by atoms with Gasteiger partial charge in [0.25, 0.3) is 5.91 Å². The summed E-state index contributed by atoms with van der Waals surface area (Å²) in [5.41, 5.74) is 1.47. The van der Waals surface area contributed by atoms with E-state index in [1.54, 1.807) is 9.58 Å². The molecule has 1 N–H and O–H groups in total. The van der Waals surface area contributed by atoms with Crippen molar-refractivity contribution in [3.8, 4) is 5.69 Å². The summed E-state index contributed by atoms with van der Waals surface area (Å²) in [6.45, 7) is 5.51. The average Bonchev–Trinajstić information content (AvgIpc) is 3.36. The topological polar surface area (TPSA) is 77.6 Å². The van der Waals surface area contributed by atoms with Crippen LogP contribution in [0.3, 0.4) is 0 Å². The molecule has 0 radical (unpaired) electrons. The van der Waals surface area contributed by atoms with Gasteiger partial charge < -0.3 is 14.5 Å². The number of nitrogens with zero attached hydrogens (tertiary/aromatic N) is 5. The lowest BCUT2D eigenvalue weighted by molar-refractivity contribution is -0.906. The molecule has 1 aromatic carbocycles. The van der Waals surface area contributed by atoms with E-state index in [0.717, 1.165) is 45.0 Å². The summed E-state index contributed by atoms with van der Waals surface area (Å²) >= 11 is 0. The average molecular weight is 343 g/mol. The second kappa shape index (κ2) is 7.28. The van der Waals surface area contributed by atoms with Gasteiger partial charge in [-0.05, 0) is 41.5 Å². The number of quaternary nitrogens is 1. The lowest BCUT2D eigenvalue weighted by Crippen LogP contribution is -3.15. The number of carbonyl (C=O) groups is 1. The Kier molecular flexibility index (Phi) is 4.71. The maximum Gasteiger partial charge on any atom is 0.254 e. The number of ether oxygens (including phenoxy) is 1. The molecule has 0 spiro atoms. The van der Waals surface area contributed by atoms with Crippen molar-refractivity contribution in [3.63, 3.8) is 0 Å². The molecule has 1 atom stereocenters. The normalized spacial score (nSPS) is 21.6. The second-order valence-electron chi connectivity index (χ2n) is 6.69. The number of hydrogen-bond donors (Lipinski definition) is 1. The van der Waals surface area contributed by atoms with Gasteiger partial charge in [-0.25, -0.2) is 4.68 Å². The minimum atomic E-state index is 0.0751. The number of amides is 1. The highest BCUT2D eigenvalue weighted by atomic mass is 16.5. The number of aromatic nitrogens is 4. The predicted octanol–water partition coefficient (Wildman–Crippen LogP) is -0.818. The lowest BCUT2D eigenvalue weighted by atomic mass is 10.1. The van der Waals surface area contributed by atoms with Crippen molar-refractivity contribution in [1.29, 1.82) is 0 Å². The Morgan fingerprint density at radius 2 is 2.20 bits per heavy atom. The van der Waals surface area contributed by atoms with E-state index in [-0.39, 0.29) is 5.91 Å². The molecule has 0 aliphatic carbocycles. The first-order valence-corrected chi connectivity index (χ1v) is 8.87. The Hall–Kier alpha value is -2.32. The molecule has 2 saturated heterocycles. The Morgan fingerprint density at radius 1 is 1.32 bits per heavy atom. The number of piperazine rings is 1. The van der Waals surface area contributed by atoms with Crippen LogP contribution in [0.25, 0.3) is 5.69 Å². The zero-order chi connectivity index (χ0) is 17.1. The van der Waals surface area contributed by atoms with Gasteiger partial charge >= 0.3 is 0 Å². The zero-order valence-electron chi connectivity index (χ0n) is 14.2. The molecule has 2 aromatic rings. The first kappa shape index (κ1) is 16.2. The minimum absolute atomic E-state index is 0.0751. The van der Waals surface area contributed by atoms with Crippen LogP contribution >= 0.6 is 0 Å². The Morgan fingerprint density at radius 3 is 2.92 bits per heavy atom. The lowest BCUT2D eigenvalue weighted by Gasteiger charge is -2.33. The van der Waals surface area contributed by atoms with E-state index in [4.69, 9.17) is 4.74 Å². The highest BCUT2D eigenvalue weighted by Crippen LogP contribution is 2.12. The maximum atomic E-state index is 12.8. The van der Waals surface area contributed by atoms with Crippen molar-refractivity contribution in [3.05, 3.63) is 36.2 Å². The molecule has 1 amide bonds. The van der Waals surface area contributed by atoms with E-state index in [1.807, 2.05) is 29.2 Å². The largest absolute Gasteiger partial charge is 0.372 e. The summed E-state index contributed by atoms with van der Waals surface area (Å²) in [5, 5.41) is 11.1. The number of carbonyl (C=O) groups excluding carboxylic acids is 1. The molecular formula is C17H23N6O2+. The number of tetrazole rings is 1. The first-order chi connectivity index (χ1) is 12.3. The fourth-order valence-electron chi connectivity index (χ4n) is 3.60. The summed E-state index contributed by atoms with van der Waals surface area (Å²) in [6.07, 6.45) is 4.29. The van der Waals surface area contributed by atoms with Gasteiger partial charge in [-0.3, -0.25) is 4.79 Å². The summed E-state index contributed by atoms with van der Waals surface area (Å²) in [7, 11) is 0. The highest BCUT2D eigenvalue weighted by Gasteiger charge is 2.28. The quantitative estimate of drug-likeness (QED) is 0.785. The molecule has 2 fully saturated rings. The van der Waals surface area contributed by atoms with Crippen molar-refractivity contribution in [2.75, 3.05) is 39.3 Å². The van der Waals surface area contributed by atoms with Crippen LogP contribution < -0.4 is 4.90 Å². The summed E-state index contributed by atoms with van der Waals surface area (Å²) in [6, 6.07) is 7.44. The van der Waals surface area contributed by atoms with Gasteiger partial charge in [0.15, 0.2) is 0 Å². The molecule has 3 heterocycles. The molecule has 25 heavy (non-hydrogen) atoms. The number of rotatable bonds is 4. The number of nitrogens with one attached hydrogen (secondary N) is 1. The van der Waals surface area contributed by atoms with Gasteiger partial charge in [0, 0.05) is 12.2 Å². The fraction of sp³-hybridized carbons (Fsp3) is 0.529. The molecule has 4 rings (SSSR count). The van der Waals surface area contributed by atoms with Crippen molar-refractivity contribution in [1.82, 2.24) is 25.1 Å². The molecule has 2 aliphatic rings. The van der Waals surface area contributed by atoms with Crippen LogP contribution in [0.2, 0.25) is 0 Å². The monoisotopic (exact) mass is 343 g/mol. The van der Waals surface area contributed by atoms with Crippen LogP contribution in [0, 0.1) is 0 Å². The molecule has 2 aliphatic heterocycles. The van der Waals surface area contributed by atoms with Gasteiger partial charge in [-0.15, -0.1) is 5.10 Å². The third-order valence-electron chi connectivity index (χ3n) is 5.00. The van der Waals surface area contributed by atoms with Crippen LogP contribution in [0.4, 0.5) is 0 Å². The van der Waals surface area contributed by atoms with Crippen LogP contribution in [0.1, 0.15) is 23.2 Å². The Bertz CT molecular complexity index is 706. The van der Waals surface area contributed by atoms with Gasteiger partial charge in [0.05, 0.1) is 31.9 Å². The van der Waals surface area contributed by atoms with Gasteiger partial charge in [0.1, 0.15) is 19.0 Å². The molecule has 1 aromatic heterocycles. The van der Waals surface area contributed by atoms with E-state index in [2.05, 4.69) is 15.5 Å². The first-order valence-electron chi connectivity index (χ1n) is 8.87. The molecule has 0 unspecified atom stereocenters.